The van der Waals surface area contributed by atoms with Gasteiger partial charge in [-0.05, 0) is 23.6 Å². The largest absolute Gasteiger partial charge is 0.468 e. The SMILES string of the molecule is CC(C)c1ccc(-c2noc(CN(CCC#N)Cc3ccco3)n2)cc1. The molecule has 0 radical (unpaired) electrons. The normalized spacial score (nSPS) is 11.2. The minimum Gasteiger partial charge on any atom is -0.468 e. The molecule has 6 heteroatoms. The molecule has 2 heterocycles. The summed E-state index contributed by atoms with van der Waals surface area (Å²) in [6.07, 6.45) is 2.07. The molecule has 0 atom stereocenters. The summed E-state index contributed by atoms with van der Waals surface area (Å²) in [6.45, 7) is 6.00. The third kappa shape index (κ3) is 4.58. The molecule has 3 rings (SSSR count). The van der Waals surface area contributed by atoms with E-state index in [0.29, 0.717) is 43.7 Å². The highest BCUT2D eigenvalue weighted by molar-refractivity contribution is 5.54. The average molecular weight is 350 g/mol. The number of benzene rings is 1. The van der Waals surface area contributed by atoms with Crippen LogP contribution in [0.25, 0.3) is 11.4 Å². The van der Waals surface area contributed by atoms with Crippen LogP contribution < -0.4 is 0 Å². The average Bonchev–Trinajstić information content (AvgIpc) is 3.32. The molecule has 0 aliphatic heterocycles. The Morgan fingerprint density at radius 1 is 1.15 bits per heavy atom. The zero-order valence-corrected chi connectivity index (χ0v) is 15.1. The summed E-state index contributed by atoms with van der Waals surface area (Å²) in [6, 6.07) is 14.1. The van der Waals surface area contributed by atoms with E-state index in [0.717, 1.165) is 11.3 Å². The van der Waals surface area contributed by atoms with E-state index < -0.39 is 0 Å². The fraction of sp³-hybridized carbons (Fsp3) is 0.350. The van der Waals surface area contributed by atoms with Gasteiger partial charge >= 0.3 is 0 Å². The Balaban J connectivity index is 1.69. The topological polar surface area (TPSA) is 79.1 Å². The Bertz CT molecular complexity index is 845. The lowest BCUT2D eigenvalue weighted by Gasteiger charge is -2.17. The number of nitrogens with zero attached hydrogens (tertiary/aromatic N) is 4. The van der Waals surface area contributed by atoms with Gasteiger partial charge in [0.2, 0.25) is 11.7 Å². The van der Waals surface area contributed by atoms with E-state index in [1.165, 1.54) is 5.56 Å². The second-order valence-electron chi connectivity index (χ2n) is 6.49. The van der Waals surface area contributed by atoms with Gasteiger partial charge in [-0.2, -0.15) is 10.2 Å². The predicted octanol–water partition coefficient (Wildman–Crippen LogP) is 4.37. The molecule has 0 spiro atoms. The van der Waals surface area contributed by atoms with Crippen molar-refractivity contribution in [3.8, 4) is 17.5 Å². The van der Waals surface area contributed by atoms with Crippen molar-refractivity contribution in [1.29, 1.82) is 5.26 Å². The fourth-order valence-corrected chi connectivity index (χ4v) is 2.69. The van der Waals surface area contributed by atoms with E-state index in [1.807, 2.05) is 24.3 Å². The first-order valence-electron chi connectivity index (χ1n) is 8.70. The van der Waals surface area contributed by atoms with Crippen LogP contribution in [0.1, 0.15) is 43.4 Å². The van der Waals surface area contributed by atoms with Crippen LogP contribution in [0.15, 0.2) is 51.6 Å². The van der Waals surface area contributed by atoms with Gasteiger partial charge in [-0.3, -0.25) is 4.90 Å². The molecule has 0 saturated carbocycles. The third-order valence-corrected chi connectivity index (χ3v) is 4.16. The summed E-state index contributed by atoms with van der Waals surface area (Å²) in [7, 11) is 0. The number of hydrogen-bond donors (Lipinski definition) is 0. The molecule has 0 bridgehead atoms. The number of hydrogen-bond acceptors (Lipinski definition) is 6. The molecular weight excluding hydrogens is 328 g/mol. The summed E-state index contributed by atoms with van der Waals surface area (Å²) in [5, 5.41) is 13.0. The molecule has 2 aromatic heterocycles. The number of rotatable bonds is 8. The van der Waals surface area contributed by atoms with Crippen molar-refractivity contribution in [1.82, 2.24) is 15.0 Å². The molecule has 134 valence electrons. The monoisotopic (exact) mass is 350 g/mol. The van der Waals surface area contributed by atoms with E-state index >= 15 is 0 Å². The molecule has 26 heavy (non-hydrogen) atoms. The molecule has 0 aliphatic carbocycles. The van der Waals surface area contributed by atoms with Gasteiger partial charge in [0.25, 0.3) is 0 Å². The van der Waals surface area contributed by atoms with Gasteiger partial charge in [0.1, 0.15) is 5.76 Å². The fourth-order valence-electron chi connectivity index (χ4n) is 2.69. The van der Waals surface area contributed by atoms with E-state index in [2.05, 4.69) is 47.1 Å². The van der Waals surface area contributed by atoms with Gasteiger partial charge in [0, 0.05) is 18.5 Å². The minimum atomic E-state index is 0.429. The van der Waals surface area contributed by atoms with Gasteiger partial charge in [-0.25, -0.2) is 0 Å². The van der Waals surface area contributed by atoms with Crippen LogP contribution in [0.3, 0.4) is 0 Å². The van der Waals surface area contributed by atoms with Crippen molar-refractivity contribution in [2.24, 2.45) is 0 Å². The Kier molecular flexibility index (Phi) is 5.82. The third-order valence-electron chi connectivity index (χ3n) is 4.16. The molecule has 3 aromatic rings. The van der Waals surface area contributed by atoms with Crippen LogP contribution in [-0.4, -0.2) is 21.6 Å². The maximum atomic E-state index is 8.87. The summed E-state index contributed by atoms with van der Waals surface area (Å²) in [5.41, 5.74) is 2.21. The second-order valence-corrected chi connectivity index (χ2v) is 6.49. The van der Waals surface area contributed by atoms with Crippen molar-refractivity contribution in [3.63, 3.8) is 0 Å². The van der Waals surface area contributed by atoms with E-state index in [9.17, 15) is 0 Å². The Morgan fingerprint density at radius 3 is 2.62 bits per heavy atom. The zero-order valence-electron chi connectivity index (χ0n) is 15.1. The van der Waals surface area contributed by atoms with Gasteiger partial charge in [0.05, 0.1) is 25.4 Å². The summed E-state index contributed by atoms with van der Waals surface area (Å²) >= 11 is 0. The highest BCUT2D eigenvalue weighted by Crippen LogP contribution is 2.21. The number of furan rings is 1. The molecule has 1 aromatic carbocycles. The van der Waals surface area contributed by atoms with E-state index in [4.69, 9.17) is 14.2 Å². The van der Waals surface area contributed by atoms with Gasteiger partial charge < -0.3 is 8.94 Å². The molecular formula is C20H22N4O2. The minimum absolute atomic E-state index is 0.429. The molecule has 0 aliphatic rings. The van der Waals surface area contributed by atoms with Crippen molar-refractivity contribution in [2.75, 3.05) is 6.54 Å². The maximum absolute atomic E-state index is 8.87. The number of aromatic nitrogens is 2. The van der Waals surface area contributed by atoms with Crippen molar-refractivity contribution >= 4 is 0 Å². The first-order chi connectivity index (χ1) is 12.7. The molecule has 0 amide bonds. The van der Waals surface area contributed by atoms with Crippen molar-refractivity contribution < 1.29 is 8.94 Å². The molecule has 0 N–H and O–H groups in total. The first-order valence-corrected chi connectivity index (χ1v) is 8.70. The first kappa shape index (κ1) is 17.9. The quantitative estimate of drug-likeness (QED) is 0.600. The van der Waals surface area contributed by atoms with Crippen LogP contribution in [0, 0.1) is 11.3 Å². The second kappa shape index (κ2) is 8.45. The standard InChI is InChI=1S/C20H22N4O2/c1-15(2)16-6-8-17(9-7-16)20-22-19(26-23-20)14-24(11-4-10-21)13-18-5-3-12-25-18/h3,5-9,12,15H,4,11,13-14H2,1-2H3. The van der Waals surface area contributed by atoms with Gasteiger partial charge in [-0.15, -0.1) is 0 Å². The van der Waals surface area contributed by atoms with E-state index in [-0.39, 0.29) is 0 Å². The van der Waals surface area contributed by atoms with Crippen molar-refractivity contribution in [3.05, 3.63) is 59.9 Å². The summed E-state index contributed by atoms with van der Waals surface area (Å²) < 4.78 is 10.8. The van der Waals surface area contributed by atoms with Gasteiger partial charge in [-0.1, -0.05) is 43.3 Å². The van der Waals surface area contributed by atoms with Crippen molar-refractivity contribution in [2.45, 2.75) is 39.3 Å². The summed E-state index contributed by atoms with van der Waals surface area (Å²) in [4.78, 5) is 6.56. The highest BCUT2D eigenvalue weighted by Gasteiger charge is 2.15. The van der Waals surface area contributed by atoms with Crippen LogP contribution >= 0.6 is 0 Å². The van der Waals surface area contributed by atoms with Gasteiger partial charge in [0.15, 0.2) is 0 Å². The molecule has 6 nitrogen and oxygen atoms in total. The van der Waals surface area contributed by atoms with Crippen LogP contribution in [0.4, 0.5) is 0 Å². The maximum Gasteiger partial charge on any atom is 0.241 e. The van der Waals surface area contributed by atoms with Crippen LogP contribution in [0.2, 0.25) is 0 Å². The molecule has 0 fully saturated rings. The Morgan fingerprint density at radius 2 is 1.96 bits per heavy atom. The lowest BCUT2D eigenvalue weighted by Crippen LogP contribution is -2.23. The smallest absolute Gasteiger partial charge is 0.241 e. The van der Waals surface area contributed by atoms with Crippen LogP contribution in [0.5, 0.6) is 0 Å². The Hall–Kier alpha value is -2.91. The molecule has 0 unspecified atom stereocenters. The number of nitriles is 1. The lowest BCUT2D eigenvalue weighted by molar-refractivity contribution is 0.208. The lowest BCUT2D eigenvalue weighted by atomic mass is 10.0. The highest BCUT2D eigenvalue weighted by atomic mass is 16.5. The molecule has 0 saturated heterocycles. The van der Waals surface area contributed by atoms with E-state index in [1.54, 1.807) is 6.26 Å². The summed E-state index contributed by atoms with van der Waals surface area (Å²) in [5.74, 6) is 2.43. The van der Waals surface area contributed by atoms with Crippen LogP contribution in [-0.2, 0) is 13.1 Å². The Labute approximate surface area is 153 Å². The zero-order chi connectivity index (χ0) is 18.4. The predicted molar refractivity (Wildman–Crippen MR) is 96.9 cm³/mol.